The summed E-state index contributed by atoms with van der Waals surface area (Å²) < 4.78 is 27.2. The van der Waals surface area contributed by atoms with E-state index in [1.54, 1.807) is 16.4 Å². The molecule has 2 atom stereocenters. The smallest absolute Gasteiger partial charge is 0.243 e. The van der Waals surface area contributed by atoms with Crippen LogP contribution in [0.4, 0.5) is 0 Å². The lowest BCUT2D eigenvalue weighted by Gasteiger charge is -2.26. The summed E-state index contributed by atoms with van der Waals surface area (Å²) in [5, 5.41) is 3.28. The molecule has 1 aromatic rings. The second kappa shape index (κ2) is 6.07. The monoisotopic (exact) mass is 308 g/mol. The fourth-order valence-electron chi connectivity index (χ4n) is 3.55. The third-order valence-electron chi connectivity index (χ3n) is 4.73. The average Bonchev–Trinajstić information content (AvgIpc) is 3.11. The Morgan fingerprint density at radius 2 is 2.00 bits per heavy atom. The Balaban J connectivity index is 1.71. The fourth-order valence-corrected chi connectivity index (χ4v) is 5.29. The molecule has 0 aromatic heterocycles. The van der Waals surface area contributed by atoms with E-state index in [9.17, 15) is 8.42 Å². The molecule has 2 bridgehead atoms. The van der Waals surface area contributed by atoms with Crippen LogP contribution in [0.15, 0.2) is 29.2 Å². The fraction of sp³-hybridized carbons (Fsp3) is 0.625. The molecule has 1 heterocycles. The predicted octanol–water partition coefficient (Wildman–Crippen LogP) is 2.01. The highest BCUT2D eigenvalue weighted by molar-refractivity contribution is 7.89. The Kier molecular flexibility index (Phi) is 4.33. The van der Waals surface area contributed by atoms with Crippen molar-refractivity contribution in [3.05, 3.63) is 29.8 Å². The minimum absolute atomic E-state index is 0.244. The first kappa shape index (κ1) is 15.0. The minimum Gasteiger partial charge on any atom is -0.317 e. The van der Waals surface area contributed by atoms with Gasteiger partial charge in [0.05, 0.1) is 4.90 Å². The van der Waals surface area contributed by atoms with Gasteiger partial charge in [0.2, 0.25) is 10.0 Å². The average molecular weight is 308 g/mol. The lowest BCUT2D eigenvalue weighted by Crippen LogP contribution is -2.37. The molecule has 2 aliphatic rings. The van der Waals surface area contributed by atoms with Crippen LogP contribution >= 0.6 is 0 Å². The van der Waals surface area contributed by atoms with Crippen molar-refractivity contribution in [3.63, 3.8) is 0 Å². The van der Waals surface area contributed by atoms with Gasteiger partial charge in [-0.1, -0.05) is 19.1 Å². The zero-order valence-electron chi connectivity index (χ0n) is 12.6. The van der Waals surface area contributed by atoms with Crippen molar-refractivity contribution in [2.75, 3.05) is 19.6 Å². The van der Waals surface area contributed by atoms with E-state index >= 15 is 0 Å². The maximum absolute atomic E-state index is 12.7. The van der Waals surface area contributed by atoms with Crippen LogP contribution in [0, 0.1) is 5.92 Å². The Morgan fingerprint density at radius 1 is 1.24 bits per heavy atom. The second-order valence-electron chi connectivity index (χ2n) is 6.16. The van der Waals surface area contributed by atoms with E-state index in [4.69, 9.17) is 0 Å². The summed E-state index contributed by atoms with van der Waals surface area (Å²) in [6.07, 6.45) is 4.22. The van der Waals surface area contributed by atoms with Gasteiger partial charge in [-0.05, 0) is 62.4 Å². The van der Waals surface area contributed by atoms with Gasteiger partial charge in [-0.15, -0.1) is 0 Å². The molecule has 5 heteroatoms. The summed E-state index contributed by atoms with van der Waals surface area (Å²) in [6, 6.07) is 7.66. The number of rotatable bonds is 6. The maximum atomic E-state index is 12.7. The molecule has 1 aliphatic carbocycles. The maximum Gasteiger partial charge on any atom is 0.243 e. The third-order valence-corrected chi connectivity index (χ3v) is 6.66. The number of piperidine rings is 1. The highest BCUT2D eigenvalue weighted by Crippen LogP contribution is 2.40. The topological polar surface area (TPSA) is 49.4 Å². The quantitative estimate of drug-likeness (QED) is 0.818. The van der Waals surface area contributed by atoms with Crippen molar-refractivity contribution in [1.29, 1.82) is 0 Å². The third kappa shape index (κ3) is 3.00. The van der Waals surface area contributed by atoms with E-state index in [1.807, 2.05) is 12.1 Å². The highest BCUT2D eigenvalue weighted by Gasteiger charge is 2.44. The number of hydrogen-bond donors (Lipinski definition) is 1. The van der Waals surface area contributed by atoms with Gasteiger partial charge in [0, 0.05) is 12.6 Å². The SMILES string of the molecule is CCNCCc1ccc(S(=O)(=O)N2CC3CCC2C3)cc1. The van der Waals surface area contributed by atoms with Crippen LogP contribution in [0.5, 0.6) is 0 Å². The number of nitrogens with one attached hydrogen (secondary N) is 1. The van der Waals surface area contributed by atoms with Crippen LogP contribution in [0.3, 0.4) is 0 Å². The van der Waals surface area contributed by atoms with Crippen molar-refractivity contribution in [3.8, 4) is 0 Å². The Hall–Kier alpha value is -0.910. The van der Waals surface area contributed by atoms with E-state index in [0.29, 0.717) is 10.8 Å². The van der Waals surface area contributed by atoms with Crippen LogP contribution < -0.4 is 5.32 Å². The molecule has 3 rings (SSSR count). The van der Waals surface area contributed by atoms with E-state index in [-0.39, 0.29) is 6.04 Å². The molecule has 1 aromatic carbocycles. The van der Waals surface area contributed by atoms with Crippen molar-refractivity contribution in [2.45, 2.75) is 43.5 Å². The molecule has 0 radical (unpaired) electrons. The van der Waals surface area contributed by atoms with Crippen LogP contribution in [0.2, 0.25) is 0 Å². The van der Waals surface area contributed by atoms with Crippen molar-refractivity contribution < 1.29 is 8.42 Å². The van der Waals surface area contributed by atoms with Gasteiger partial charge in [0.25, 0.3) is 0 Å². The minimum atomic E-state index is -3.29. The van der Waals surface area contributed by atoms with Gasteiger partial charge < -0.3 is 5.32 Å². The van der Waals surface area contributed by atoms with E-state index in [0.717, 1.165) is 38.9 Å². The summed E-state index contributed by atoms with van der Waals surface area (Å²) in [4.78, 5) is 0.447. The molecular formula is C16H24N2O2S. The predicted molar refractivity (Wildman–Crippen MR) is 83.7 cm³/mol. The van der Waals surface area contributed by atoms with E-state index in [1.165, 1.54) is 12.0 Å². The van der Waals surface area contributed by atoms with Crippen molar-refractivity contribution >= 4 is 10.0 Å². The van der Waals surface area contributed by atoms with Gasteiger partial charge >= 0.3 is 0 Å². The molecule has 1 saturated carbocycles. The summed E-state index contributed by atoms with van der Waals surface area (Å²) in [7, 11) is -3.29. The molecular weight excluding hydrogens is 284 g/mol. The molecule has 1 N–H and O–H groups in total. The van der Waals surface area contributed by atoms with Gasteiger partial charge in [-0.3, -0.25) is 0 Å². The van der Waals surface area contributed by atoms with Crippen LogP contribution in [-0.2, 0) is 16.4 Å². The zero-order chi connectivity index (χ0) is 14.9. The van der Waals surface area contributed by atoms with Crippen molar-refractivity contribution in [2.24, 2.45) is 5.92 Å². The van der Waals surface area contributed by atoms with Gasteiger partial charge in [-0.25, -0.2) is 8.42 Å². The largest absolute Gasteiger partial charge is 0.317 e. The number of hydrogen-bond acceptors (Lipinski definition) is 3. The first-order chi connectivity index (χ1) is 10.1. The summed E-state index contributed by atoms with van der Waals surface area (Å²) in [5.41, 5.74) is 1.18. The van der Waals surface area contributed by atoms with E-state index < -0.39 is 10.0 Å². The Morgan fingerprint density at radius 3 is 2.57 bits per heavy atom. The highest BCUT2D eigenvalue weighted by atomic mass is 32.2. The zero-order valence-corrected chi connectivity index (χ0v) is 13.4. The lowest BCUT2D eigenvalue weighted by atomic mass is 10.1. The van der Waals surface area contributed by atoms with Gasteiger partial charge in [0.1, 0.15) is 0 Å². The molecule has 0 spiro atoms. The molecule has 1 saturated heterocycles. The number of nitrogens with zero attached hydrogens (tertiary/aromatic N) is 1. The molecule has 0 amide bonds. The second-order valence-corrected chi connectivity index (χ2v) is 8.05. The van der Waals surface area contributed by atoms with E-state index in [2.05, 4.69) is 12.2 Å². The molecule has 4 nitrogen and oxygen atoms in total. The van der Waals surface area contributed by atoms with Crippen LogP contribution in [0.25, 0.3) is 0 Å². The number of likely N-dealkylation sites (N-methyl/N-ethyl adjacent to an activating group) is 1. The molecule has 2 fully saturated rings. The summed E-state index contributed by atoms with van der Waals surface area (Å²) in [5.74, 6) is 0.587. The van der Waals surface area contributed by atoms with Gasteiger partial charge in [0.15, 0.2) is 0 Å². The van der Waals surface area contributed by atoms with Gasteiger partial charge in [-0.2, -0.15) is 4.31 Å². The first-order valence-electron chi connectivity index (χ1n) is 7.92. The Labute approximate surface area is 127 Å². The number of benzene rings is 1. The molecule has 1 aliphatic heterocycles. The molecule has 21 heavy (non-hydrogen) atoms. The van der Waals surface area contributed by atoms with Crippen LogP contribution in [-0.4, -0.2) is 38.4 Å². The number of sulfonamides is 1. The standard InChI is InChI=1S/C16H24N2O2S/c1-2-17-10-9-13-4-7-16(8-5-13)21(19,20)18-12-14-3-6-15(18)11-14/h4-5,7-8,14-15,17H,2-3,6,9-12H2,1H3. The summed E-state index contributed by atoms with van der Waals surface area (Å²) in [6.45, 7) is 4.69. The Bertz CT molecular complexity index is 583. The normalized spacial score (nSPS) is 25.6. The molecule has 2 unspecified atom stereocenters. The first-order valence-corrected chi connectivity index (χ1v) is 9.36. The summed E-state index contributed by atoms with van der Waals surface area (Å²) >= 11 is 0. The molecule has 116 valence electrons. The lowest BCUT2D eigenvalue weighted by molar-refractivity contribution is 0.333. The number of fused-ring (bicyclic) bond motifs is 2. The van der Waals surface area contributed by atoms with Crippen LogP contribution in [0.1, 0.15) is 31.7 Å². The van der Waals surface area contributed by atoms with Crippen molar-refractivity contribution in [1.82, 2.24) is 9.62 Å².